The third-order valence-corrected chi connectivity index (χ3v) is 3.01. The smallest absolute Gasteiger partial charge is 0.321 e. The number of carbonyl (C=O) groups is 3. The molecule has 1 aliphatic rings. The Labute approximate surface area is 120 Å². The highest BCUT2D eigenvalue weighted by Crippen LogP contribution is 2.28. The Kier molecular flexibility index (Phi) is 4.36. The summed E-state index contributed by atoms with van der Waals surface area (Å²) >= 11 is 0. The quantitative estimate of drug-likeness (QED) is 0.655. The van der Waals surface area contributed by atoms with Gasteiger partial charge in [0.2, 0.25) is 11.8 Å². The van der Waals surface area contributed by atoms with E-state index < -0.39 is 17.8 Å². The van der Waals surface area contributed by atoms with Crippen molar-refractivity contribution in [2.24, 2.45) is 0 Å². The predicted octanol–water partition coefficient (Wildman–Crippen LogP) is 0.578. The molecule has 0 saturated carbocycles. The minimum atomic E-state index is -0.639. The maximum atomic E-state index is 13.9. The normalized spacial score (nSPS) is 13.0. The van der Waals surface area contributed by atoms with Gasteiger partial charge >= 0.3 is 6.03 Å². The van der Waals surface area contributed by atoms with Gasteiger partial charge in [-0.05, 0) is 24.1 Å². The van der Waals surface area contributed by atoms with Crippen LogP contribution in [0.5, 0.6) is 0 Å². The Hall–Kier alpha value is -2.64. The monoisotopic (exact) mass is 294 g/mol. The van der Waals surface area contributed by atoms with Gasteiger partial charge in [-0.15, -0.1) is 0 Å². The van der Waals surface area contributed by atoms with Crippen molar-refractivity contribution in [3.05, 3.63) is 23.5 Å². The molecule has 0 radical (unpaired) electrons. The molecule has 112 valence electrons. The molecule has 8 heteroatoms. The average Bonchev–Trinajstić information content (AvgIpc) is 2.45. The number of benzene rings is 1. The van der Waals surface area contributed by atoms with Crippen LogP contribution in [-0.2, 0) is 16.0 Å². The minimum Gasteiger partial charge on any atom is -0.374 e. The molecule has 7 nitrogen and oxygen atoms in total. The fourth-order valence-electron chi connectivity index (χ4n) is 1.94. The lowest BCUT2D eigenvalue weighted by Crippen LogP contribution is -2.40. The van der Waals surface area contributed by atoms with Crippen molar-refractivity contribution < 1.29 is 18.8 Å². The summed E-state index contributed by atoms with van der Waals surface area (Å²) < 4.78 is 13.9. The van der Waals surface area contributed by atoms with Crippen LogP contribution in [0.2, 0.25) is 0 Å². The number of hydrogen-bond donors (Lipinski definition) is 4. The highest BCUT2D eigenvalue weighted by Gasteiger charge is 2.18. The summed E-state index contributed by atoms with van der Waals surface area (Å²) in [4.78, 5) is 33.7. The molecule has 0 bridgehead atoms. The van der Waals surface area contributed by atoms with Gasteiger partial charge in [0.1, 0.15) is 5.82 Å². The molecular formula is C13H15FN4O3. The Morgan fingerprint density at radius 2 is 2.10 bits per heavy atom. The summed E-state index contributed by atoms with van der Waals surface area (Å²) in [5, 5.41) is 9.51. The molecule has 21 heavy (non-hydrogen) atoms. The number of aryl methyl sites for hydroxylation is 1. The zero-order chi connectivity index (χ0) is 15.4. The molecule has 1 heterocycles. The first-order valence-electron chi connectivity index (χ1n) is 6.37. The number of rotatable bonds is 3. The zero-order valence-electron chi connectivity index (χ0n) is 11.4. The molecule has 0 fully saturated rings. The van der Waals surface area contributed by atoms with E-state index >= 15 is 0 Å². The number of fused-ring (bicyclic) bond motifs is 1. The largest absolute Gasteiger partial charge is 0.374 e. The molecule has 0 saturated heterocycles. The Morgan fingerprint density at radius 3 is 2.81 bits per heavy atom. The van der Waals surface area contributed by atoms with Crippen molar-refractivity contribution in [3.8, 4) is 0 Å². The van der Waals surface area contributed by atoms with Gasteiger partial charge in [0.15, 0.2) is 0 Å². The predicted molar refractivity (Wildman–Crippen MR) is 74.4 cm³/mol. The first kappa shape index (κ1) is 14.8. The standard InChI is InChI=1S/C13H15FN4O3/c1-15-13(21)18-12(20)6-16-10-5-9-7(4-8(10)14)2-3-11(19)17-9/h4-5,16H,2-3,6H2,1H3,(H,17,19)(H2,15,18,20,21). The van der Waals surface area contributed by atoms with Crippen molar-refractivity contribution in [3.63, 3.8) is 0 Å². The average molecular weight is 294 g/mol. The van der Waals surface area contributed by atoms with E-state index in [9.17, 15) is 18.8 Å². The van der Waals surface area contributed by atoms with Crippen molar-refractivity contribution in [2.75, 3.05) is 24.2 Å². The lowest BCUT2D eigenvalue weighted by Gasteiger charge is -2.18. The fraction of sp³-hybridized carbons (Fsp3) is 0.308. The lowest BCUT2D eigenvalue weighted by atomic mass is 10.0. The molecule has 2 rings (SSSR count). The first-order valence-corrected chi connectivity index (χ1v) is 6.37. The van der Waals surface area contributed by atoms with Gasteiger partial charge in [-0.3, -0.25) is 14.9 Å². The Bertz CT molecular complexity index is 603. The van der Waals surface area contributed by atoms with Crippen LogP contribution >= 0.6 is 0 Å². The van der Waals surface area contributed by atoms with E-state index in [1.54, 1.807) is 0 Å². The number of carbonyl (C=O) groups excluding carboxylic acids is 3. The molecule has 1 aromatic carbocycles. The first-order chi connectivity index (χ1) is 9.99. The third-order valence-electron chi connectivity index (χ3n) is 3.01. The molecule has 0 unspecified atom stereocenters. The van der Waals surface area contributed by atoms with E-state index in [4.69, 9.17) is 0 Å². The van der Waals surface area contributed by atoms with Crippen LogP contribution in [0.4, 0.5) is 20.6 Å². The van der Waals surface area contributed by atoms with Gasteiger partial charge in [0, 0.05) is 19.2 Å². The summed E-state index contributed by atoms with van der Waals surface area (Å²) in [5.74, 6) is -1.24. The maximum Gasteiger partial charge on any atom is 0.321 e. The summed E-state index contributed by atoms with van der Waals surface area (Å²) in [7, 11) is 1.38. The fourth-order valence-corrected chi connectivity index (χ4v) is 1.94. The van der Waals surface area contributed by atoms with Crippen molar-refractivity contribution in [1.82, 2.24) is 10.6 Å². The maximum absolute atomic E-state index is 13.9. The van der Waals surface area contributed by atoms with Crippen LogP contribution < -0.4 is 21.3 Å². The van der Waals surface area contributed by atoms with Crippen molar-refractivity contribution >= 4 is 29.2 Å². The van der Waals surface area contributed by atoms with Crippen LogP contribution in [0.3, 0.4) is 0 Å². The lowest BCUT2D eigenvalue weighted by molar-refractivity contribution is -0.118. The molecule has 0 aromatic heterocycles. The van der Waals surface area contributed by atoms with Crippen molar-refractivity contribution in [2.45, 2.75) is 12.8 Å². The van der Waals surface area contributed by atoms with Gasteiger partial charge < -0.3 is 16.0 Å². The second kappa shape index (κ2) is 6.21. The van der Waals surface area contributed by atoms with E-state index in [1.165, 1.54) is 19.2 Å². The molecule has 1 aliphatic heterocycles. The number of imide groups is 1. The van der Waals surface area contributed by atoms with E-state index in [-0.39, 0.29) is 18.1 Å². The zero-order valence-corrected chi connectivity index (χ0v) is 11.4. The molecule has 0 atom stereocenters. The van der Waals surface area contributed by atoms with E-state index in [0.717, 1.165) is 0 Å². The molecular weight excluding hydrogens is 279 g/mol. The van der Waals surface area contributed by atoms with Crippen LogP contribution in [0.15, 0.2) is 12.1 Å². The molecule has 0 spiro atoms. The Balaban J connectivity index is 2.03. The summed E-state index contributed by atoms with van der Waals surface area (Å²) in [5.41, 5.74) is 1.33. The van der Waals surface area contributed by atoms with E-state index in [2.05, 4.69) is 16.0 Å². The highest BCUT2D eigenvalue weighted by atomic mass is 19.1. The minimum absolute atomic E-state index is 0.0861. The number of urea groups is 1. The van der Waals surface area contributed by atoms with Gasteiger partial charge in [0.05, 0.1) is 12.2 Å². The highest BCUT2D eigenvalue weighted by molar-refractivity contribution is 5.97. The topological polar surface area (TPSA) is 99.3 Å². The summed E-state index contributed by atoms with van der Waals surface area (Å²) in [6, 6.07) is 2.13. The Morgan fingerprint density at radius 1 is 1.33 bits per heavy atom. The number of halogens is 1. The number of nitrogens with one attached hydrogen (secondary N) is 4. The summed E-state index contributed by atoms with van der Waals surface area (Å²) in [6.45, 7) is -0.267. The molecule has 4 N–H and O–H groups in total. The second-order valence-electron chi connectivity index (χ2n) is 4.52. The van der Waals surface area contributed by atoms with Gasteiger partial charge in [-0.1, -0.05) is 0 Å². The van der Waals surface area contributed by atoms with Gasteiger partial charge in [-0.25, -0.2) is 9.18 Å². The number of anilines is 2. The molecule has 0 aliphatic carbocycles. The van der Waals surface area contributed by atoms with E-state index in [1.807, 2.05) is 5.32 Å². The van der Waals surface area contributed by atoms with E-state index in [0.29, 0.717) is 24.1 Å². The third kappa shape index (κ3) is 3.68. The van der Waals surface area contributed by atoms with Crippen LogP contribution in [0, 0.1) is 5.82 Å². The number of hydrogen-bond acceptors (Lipinski definition) is 4. The van der Waals surface area contributed by atoms with Crippen LogP contribution in [0.1, 0.15) is 12.0 Å². The van der Waals surface area contributed by atoms with Crippen LogP contribution in [0.25, 0.3) is 0 Å². The van der Waals surface area contributed by atoms with Crippen LogP contribution in [-0.4, -0.2) is 31.4 Å². The molecule has 1 aromatic rings. The second-order valence-corrected chi connectivity index (χ2v) is 4.52. The number of amides is 4. The van der Waals surface area contributed by atoms with Gasteiger partial charge in [0.25, 0.3) is 0 Å². The van der Waals surface area contributed by atoms with Gasteiger partial charge in [-0.2, -0.15) is 0 Å². The summed E-state index contributed by atoms with van der Waals surface area (Å²) in [6.07, 6.45) is 0.809. The van der Waals surface area contributed by atoms with Crippen molar-refractivity contribution in [1.29, 1.82) is 0 Å². The molecule has 4 amide bonds. The SMILES string of the molecule is CNC(=O)NC(=O)CNc1cc2c(cc1F)CCC(=O)N2.